The van der Waals surface area contributed by atoms with E-state index in [4.69, 9.17) is 10.2 Å². The summed E-state index contributed by atoms with van der Waals surface area (Å²) in [6, 6.07) is 0.934. The van der Waals surface area contributed by atoms with Gasteiger partial charge in [-0.15, -0.1) is 0 Å². The molecule has 178 valence electrons. The van der Waals surface area contributed by atoms with Gasteiger partial charge in [-0.3, -0.25) is 9.59 Å². The van der Waals surface area contributed by atoms with Gasteiger partial charge in [0.1, 0.15) is 6.26 Å². The van der Waals surface area contributed by atoms with Crippen LogP contribution < -0.4 is 5.73 Å². The van der Waals surface area contributed by atoms with E-state index in [-0.39, 0.29) is 61.4 Å². The van der Waals surface area contributed by atoms with Gasteiger partial charge in [-0.2, -0.15) is 13.2 Å². The van der Waals surface area contributed by atoms with Crippen molar-refractivity contribution in [3.8, 4) is 11.4 Å². The van der Waals surface area contributed by atoms with Gasteiger partial charge < -0.3 is 20.0 Å². The number of amides is 2. The molecule has 4 rings (SSSR count). The number of carbonyl (C=O) groups excluding carboxylic acids is 2. The third-order valence-electron chi connectivity index (χ3n) is 6.13. The summed E-state index contributed by atoms with van der Waals surface area (Å²) in [5, 5.41) is 0. The fourth-order valence-electron chi connectivity index (χ4n) is 4.32. The van der Waals surface area contributed by atoms with Crippen molar-refractivity contribution in [3.05, 3.63) is 35.5 Å². The average Bonchev–Trinajstić information content (AvgIpc) is 3.28. The number of nitrogens with two attached hydrogens (primary N) is 1. The molecule has 0 saturated carbocycles. The quantitative estimate of drug-likeness (QED) is 0.728. The molecule has 2 atom stereocenters. The molecule has 11 heteroatoms. The van der Waals surface area contributed by atoms with Crippen molar-refractivity contribution in [3.63, 3.8) is 0 Å². The molecule has 2 aromatic rings. The second-order valence-electron chi connectivity index (χ2n) is 8.80. The largest absolute Gasteiger partial charge is 0.472 e. The number of piperidine rings is 1. The van der Waals surface area contributed by atoms with Gasteiger partial charge in [0.2, 0.25) is 11.8 Å². The molecule has 2 amide bonds. The Labute approximate surface area is 188 Å². The summed E-state index contributed by atoms with van der Waals surface area (Å²) in [6.07, 6.45) is -0.663. The van der Waals surface area contributed by atoms with Crippen LogP contribution in [0.1, 0.15) is 43.1 Å². The maximum atomic E-state index is 13.7. The van der Waals surface area contributed by atoms with Crippen molar-refractivity contribution in [1.29, 1.82) is 0 Å². The molecule has 8 nitrogen and oxygen atoms in total. The van der Waals surface area contributed by atoms with Crippen LogP contribution in [0.4, 0.5) is 13.2 Å². The van der Waals surface area contributed by atoms with E-state index >= 15 is 0 Å². The monoisotopic (exact) mass is 465 g/mol. The summed E-state index contributed by atoms with van der Waals surface area (Å²) in [6.45, 7) is 2.99. The van der Waals surface area contributed by atoms with Gasteiger partial charge in [-0.25, -0.2) is 9.97 Å². The Morgan fingerprint density at radius 1 is 1.33 bits per heavy atom. The molecule has 0 aromatic carbocycles. The summed E-state index contributed by atoms with van der Waals surface area (Å²) >= 11 is 0. The SMILES string of the molecule is CC1CCN(C[C@@H](N)CC(=O)N2CCc3c(nc(-c4ccoc4)nc3C(F)(F)F)C2)C(=O)C1. The van der Waals surface area contributed by atoms with E-state index in [1.54, 1.807) is 4.90 Å². The highest BCUT2D eigenvalue weighted by Gasteiger charge is 2.39. The van der Waals surface area contributed by atoms with Crippen LogP contribution in [-0.4, -0.2) is 57.3 Å². The summed E-state index contributed by atoms with van der Waals surface area (Å²) in [5.41, 5.74) is 5.67. The van der Waals surface area contributed by atoms with E-state index in [1.807, 2.05) is 6.92 Å². The molecular formula is C22H26F3N5O3. The third-order valence-corrected chi connectivity index (χ3v) is 6.13. The van der Waals surface area contributed by atoms with Crippen molar-refractivity contribution in [2.45, 2.75) is 51.4 Å². The molecular weight excluding hydrogens is 439 g/mol. The fourth-order valence-corrected chi connectivity index (χ4v) is 4.32. The number of hydrogen-bond acceptors (Lipinski definition) is 6. The van der Waals surface area contributed by atoms with E-state index < -0.39 is 17.9 Å². The highest BCUT2D eigenvalue weighted by molar-refractivity contribution is 5.78. The van der Waals surface area contributed by atoms with E-state index in [2.05, 4.69) is 9.97 Å². The number of alkyl halides is 3. The van der Waals surface area contributed by atoms with Gasteiger partial charge in [-0.05, 0) is 24.8 Å². The smallest absolute Gasteiger partial charge is 0.433 e. The number of carbonyl (C=O) groups is 2. The van der Waals surface area contributed by atoms with Crippen LogP contribution in [0.2, 0.25) is 0 Å². The van der Waals surface area contributed by atoms with Gasteiger partial charge in [0.25, 0.3) is 0 Å². The number of fused-ring (bicyclic) bond motifs is 1. The van der Waals surface area contributed by atoms with E-state index in [1.165, 1.54) is 23.5 Å². The van der Waals surface area contributed by atoms with Crippen molar-refractivity contribution in [2.24, 2.45) is 11.7 Å². The molecule has 2 aromatic heterocycles. The average molecular weight is 465 g/mol. The second-order valence-corrected chi connectivity index (χ2v) is 8.80. The van der Waals surface area contributed by atoms with Crippen LogP contribution in [0.15, 0.2) is 23.0 Å². The summed E-state index contributed by atoms with van der Waals surface area (Å²) in [4.78, 5) is 36.2. The lowest BCUT2D eigenvalue weighted by Crippen LogP contribution is -2.47. The Balaban J connectivity index is 1.47. The first kappa shape index (κ1) is 23.2. The highest BCUT2D eigenvalue weighted by Crippen LogP contribution is 2.35. The first-order chi connectivity index (χ1) is 15.6. The van der Waals surface area contributed by atoms with Crippen molar-refractivity contribution in [2.75, 3.05) is 19.6 Å². The predicted molar refractivity (Wildman–Crippen MR) is 111 cm³/mol. The van der Waals surface area contributed by atoms with Gasteiger partial charge in [0, 0.05) is 44.1 Å². The first-order valence-electron chi connectivity index (χ1n) is 10.9. The van der Waals surface area contributed by atoms with Crippen LogP contribution in [0.25, 0.3) is 11.4 Å². The number of nitrogens with zero attached hydrogens (tertiary/aromatic N) is 4. The predicted octanol–water partition coefficient (Wildman–Crippen LogP) is 2.62. The molecule has 1 fully saturated rings. The number of furan rings is 1. The summed E-state index contributed by atoms with van der Waals surface area (Å²) < 4.78 is 45.9. The molecule has 33 heavy (non-hydrogen) atoms. The van der Waals surface area contributed by atoms with Gasteiger partial charge in [0.15, 0.2) is 11.5 Å². The van der Waals surface area contributed by atoms with Crippen molar-refractivity contribution in [1.82, 2.24) is 19.8 Å². The highest BCUT2D eigenvalue weighted by atomic mass is 19.4. The van der Waals surface area contributed by atoms with Gasteiger partial charge in [-0.1, -0.05) is 6.92 Å². The lowest BCUT2D eigenvalue weighted by atomic mass is 9.98. The van der Waals surface area contributed by atoms with Crippen LogP contribution in [-0.2, 0) is 28.7 Å². The van der Waals surface area contributed by atoms with Crippen molar-refractivity contribution >= 4 is 11.8 Å². The Hall–Kier alpha value is -2.95. The molecule has 0 radical (unpaired) electrons. The molecule has 0 bridgehead atoms. The zero-order valence-electron chi connectivity index (χ0n) is 18.3. The first-order valence-corrected chi connectivity index (χ1v) is 10.9. The Morgan fingerprint density at radius 3 is 2.79 bits per heavy atom. The molecule has 0 aliphatic carbocycles. The summed E-state index contributed by atoms with van der Waals surface area (Å²) in [5.74, 6) is 0.00363. The normalized spacial score (nSPS) is 20.0. The number of hydrogen-bond donors (Lipinski definition) is 1. The number of halogens is 3. The van der Waals surface area contributed by atoms with Crippen LogP contribution >= 0.6 is 0 Å². The fraction of sp³-hybridized carbons (Fsp3) is 0.545. The maximum Gasteiger partial charge on any atom is 0.433 e. The van der Waals surface area contributed by atoms with Crippen LogP contribution in [0.3, 0.4) is 0 Å². The number of likely N-dealkylation sites (tertiary alicyclic amines) is 1. The second kappa shape index (κ2) is 9.12. The van der Waals surface area contributed by atoms with Gasteiger partial charge in [0.05, 0.1) is 24.1 Å². The minimum atomic E-state index is -4.64. The zero-order valence-corrected chi connectivity index (χ0v) is 18.3. The van der Waals surface area contributed by atoms with E-state index in [0.717, 1.165) is 6.42 Å². The Morgan fingerprint density at radius 2 is 2.12 bits per heavy atom. The maximum absolute atomic E-state index is 13.7. The lowest BCUT2D eigenvalue weighted by molar-refractivity contribution is -0.142. The third kappa shape index (κ3) is 5.18. The van der Waals surface area contributed by atoms with Gasteiger partial charge >= 0.3 is 6.18 Å². The zero-order chi connectivity index (χ0) is 23.8. The van der Waals surface area contributed by atoms with Crippen molar-refractivity contribution < 1.29 is 27.2 Å². The molecule has 0 spiro atoms. The van der Waals surface area contributed by atoms with E-state index in [9.17, 15) is 22.8 Å². The summed E-state index contributed by atoms with van der Waals surface area (Å²) in [7, 11) is 0. The minimum Gasteiger partial charge on any atom is -0.472 e. The topological polar surface area (TPSA) is 106 Å². The molecule has 2 aliphatic heterocycles. The minimum absolute atomic E-state index is 0.000462. The molecule has 1 saturated heterocycles. The molecule has 2 N–H and O–H groups in total. The lowest BCUT2D eigenvalue weighted by Gasteiger charge is -2.33. The molecule has 4 heterocycles. The van der Waals surface area contributed by atoms with Crippen LogP contribution in [0.5, 0.6) is 0 Å². The Kier molecular flexibility index (Phi) is 6.42. The Bertz CT molecular complexity index is 1030. The van der Waals surface area contributed by atoms with Crippen LogP contribution in [0, 0.1) is 5.92 Å². The molecule has 1 unspecified atom stereocenters. The number of rotatable bonds is 5. The van der Waals surface area contributed by atoms with E-state index in [0.29, 0.717) is 24.4 Å². The molecule has 2 aliphatic rings. The standard InChI is InChI=1S/C22H26F3N5O3/c1-13-2-5-29(18(31)8-13)10-15(26)9-19(32)30-6-3-16-17(11-30)27-21(14-4-7-33-12-14)28-20(16)22(23,24)25/h4,7,12-13,15H,2-3,5-6,8-11,26H2,1H3/t13?,15-/m0/s1. The number of aromatic nitrogens is 2.